The third-order valence-electron chi connectivity index (χ3n) is 2.49. The standard InChI is InChI=1S/C13H21NO/c1-9(2)14-11(4)13(15)12-7-5-10(3)6-8-12/h5-9,11,13-15H,1-4H3/t11-,13+/m1/s1. The topological polar surface area (TPSA) is 32.3 Å². The lowest BCUT2D eigenvalue weighted by Crippen LogP contribution is -2.36. The highest BCUT2D eigenvalue weighted by atomic mass is 16.3. The van der Waals surface area contributed by atoms with Crippen molar-refractivity contribution in [2.45, 2.75) is 45.9 Å². The quantitative estimate of drug-likeness (QED) is 0.794. The van der Waals surface area contributed by atoms with E-state index >= 15 is 0 Å². The first-order valence-corrected chi connectivity index (χ1v) is 5.51. The van der Waals surface area contributed by atoms with Crippen LogP contribution in [0.15, 0.2) is 24.3 Å². The average molecular weight is 207 g/mol. The molecule has 0 saturated heterocycles. The van der Waals surface area contributed by atoms with Crippen LogP contribution in [0, 0.1) is 6.92 Å². The lowest BCUT2D eigenvalue weighted by atomic mass is 10.0. The molecule has 0 saturated carbocycles. The van der Waals surface area contributed by atoms with Crippen molar-refractivity contribution in [1.29, 1.82) is 0 Å². The van der Waals surface area contributed by atoms with E-state index in [1.807, 2.05) is 38.1 Å². The number of aryl methyl sites for hydroxylation is 1. The smallest absolute Gasteiger partial charge is 0.0940 e. The first kappa shape index (κ1) is 12.2. The minimum Gasteiger partial charge on any atom is -0.387 e. The summed E-state index contributed by atoms with van der Waals surface area (Å²) < 4.78 is 0. The summed E-state index contributed by atoms with van der Waals surface area (Å²) in [5.41, 5.74) is 2.19. The van der Waals surface area contributed by atoms with Crippen LogP contribution in [0.3, 0.4) is 0 Å². The average Bonchev–Trinajstić information content (AvgIpc) is 2.17. The molecule has 0 unspecified atom stereocenters. The van der Waals surface area contributed by atoms with Gasteiger partial charge in [0.2, 0.25) is 0 Å². The van der Waals surface area contributed by atoms with E-state index in [0.717, 1.165) is 5.56 Å². The number of rotatable bonds is 4. The summed E-state index contributed by atoms with van der Waals surface area (Å²) in [5, 5.41) is 13.4. The van der Waals surface area contributed by atoms with E-state index in [4.69, 9.17) is 0 Å². The Kier molecular flexibility index (Phi) is 4.30. The summed E-state index contributed by atoms with van der Waals surface area (Å²) in [5.74, 6) is 0. The van der Waals surface area contributed by atoms with Gasteiger partial charge in [-0.2, -0.15) is 0 Å². The second-order valence-electron chi connectivity index (χ2n) is 4.47. The van der Waals surface area contributed by atoms with E-state index < -0.39 is 6.10 Å². The zero-order chi connectivity index (χ0) is 11.4. The van der Waals surface area contributed by atoms with Crippen molar-refractivity contribution in [3.8, 4) is 0 Å². The molecule has 84 valence electrons. The van der Waals surface area contributed by atoms with Gasteiger partial charge in [-0.25, -0.2) is 0 Å². The highest BCUT2D eigenvalue weighted by molar-refractivity contribution is 5.23. The van der Waals surface area contributed by atoms with Crippen LogP contribution in [0.2, 0.25) is 0 Å². The summed E-state index contributed by atoms with van der Waals surface area (Å²) in [6.07, 6.45) is -0.437. The van der Waals surface area contributed by atoms with E-state index in [2.05, 4.69) is 19.2 Å². The maximum Gasteiger partial charge on any atom is 0.0940 e. The minimum atomic E-state index is -0.437. The first-order chi connectivity index (χ1) is 7.00. The van der Waals surface area contributed by atoms with Crippen molar-refractivity contribution in [2.75, 3.05) is 0 Å². The maximum absolute atomic E-state index is 10.1. The second kappa shape index (κ2) is 5.29. The van der Waals surface area contributed by atoms with Crippen LogP contribution in [0.25, 0.3) is 0 Å². The fraction of sp³-hybridized carbons (Fsp3) is 0.538. The zero-order valence-electron chi connectivity index (χ0n) is 9.99. The lowest BCUT2D eigenvalue weighted by molar-refractivity contribution is 0.132. The number of hydrogen-bond donors (Lipinski definition) is 2. The summed E-state index contributed by atoms with van der Waals surface area (Å²) in [4.78, 5) is 0. The molecule has 1 aromatic rings. The predicted octanol–water partition coefficient (Wildman–Crippen LogP) is 2.41. The highest BCUT2D eigenvalue weighted by Crippen LogP contribution is 2.17. The Morgan fingerprint density at radius 2 is 1.60 bits per heavy atom. The van der Waals surface area contributed by atoms with Gasteiger partial charge >= 0.3 is 0 Å². The molecular formula is C13H21NO. The molecule has 0 aliphatic heterocycles. The number of hydrogen-bond acceptors (Lipinski definition) is 2. The van der Waals surface area contributed by atoms with Crippen LogP contribution in [0.5, 0.6) is 0 Å². The van der Waals surface area contributed by atoms with Crippen LogP contribution in [-0.2, 0) is 0 Å². The molecule has 0 aliphatic rings. The Bertz CT molecular complexity index is 292. The number of aliphatic hydroxyl groups excluding tert-OH is 1. The van der Waals surface area contributed by atoms with Gasteiger partial charge in [-0.05, 0) is 19.4 Å². The van der Waals surface area contributed by atoms with Gasteiger partial charge in [0.05, 0.1) is 6.10 Å². The SMILES string of the molecule is Cc1ccc([C@@H](O)[C@@H](C)NC(C)C)cc1. The largest absolute Gasteiger partial charge is 0.387 e. The molecule has 0 aliphatic carbocycles. The van der Waals surface area contributed by atoms with Gasteiger partial charge < -0.3 is 10.4 Å². The molecule has 0 bridgehead atoms. The molecule has 2 atom stereocenters. The third kappa shape index (κ3) is 3.65. The van der Waals surface area contributed by atoms with Crippen molar-refractivity contribution < 1.29 is 5.11 Å². The minimum absolute atomic E-state index is 0.0766. The monoisotopic (exact) mass is 207 g/mol. The maximum atomic E-state index is 10.1. The number of nitrogens with one attached hydrogen (secondary N) is 1. The van der Waals surface area contributed by atoms with E-state index in [1.54, 1.807) is 0 Å². The Morgan fingerprint density at radius 1 is 1.07 bits per heavy atom. The van der Waals surface area contributed by atoms with Gasteiger partial charge in [-0.3, -0.25) is 0 Å². The number of benzene rings is 1. The van der Waals surface area contributed by atoms with E-state index in [1.165, 1.54) is 5.56 Å². The molecule has 1 aromatic carbocycles. The van der Waals surface area contributed by atoms with Crippen LogP contribution in [0.4, 0.5) is 0 Å². The van der Waals surface area contributed by atoms with Crippen molar-refractivity contribution >= 4 is 0 Å². The second-order valence-corrected chi connectivity index (χ2v) is 4.47. The van der Waals surface area contributed by atoms with Crippen molar-refractivity contribution in [2.24, 2.45) is 0 Å². The van der Waals surface area contributed by atoms with Crippen LogP contribution < -0.4 is 5.32 Å². The Balaban J connectivity index is 2.67. The molecule has 1 rings (SSSR count). The van der Waals surface area contributed by atoms with Gasteiger partial charge in [-0.15, -0.1) is 0 Å². The van der Waals surface area contributed by atoms with Crippen LogP contribution >= 0.6 is 0 Å². The third-order valence-corrected chi connectivity index (χ3v) is 2.49. The Labute approximate surface area is 92.3 Å². The zero-order valence-corrected chi connectivity index (χ0v) is 9.99. The van der Waals surface area contributed by atoms with Crippen molar-refractivity contribution in [3.05, 3.63) is 35.4 Å². The lowest BCUT2D eigenvalue weighted by Gasteiger charge is -2.22. The Morgan fingerprint density at radius 3 is 2.07 bits per heavy atom. The molecular weight excluding hydrogens is 186 g/mol. The summed E-state index contributed by atoms with van der Waals surface area (Å²) in [6, 6.07) is 8.49. The van der Waals surface area contributed by atoms with Gasteiger partial charge in [0.25, 0.3) is 0 Å². The summed E-state index contributed by atoms with van der Waals surface area (Å²) in [7, 11) is 0. The normalized spacial score (nSPS) is 15.3. The molecule has 2 heteroatoms. The molecule has 0 amide bonds. The highest BCUT2D eigenvalue weighted by Gasteiger charge is 2.16. The number of aliphatic hydroxyl groups is 1. The molecule has 0 heterocycles. The molecule has 0 spiro atoms. The van der Waals surface area contributed by atoms with E-state index in [9.17, 15) is 5.11 Å². The molecule has 15 heavy (non-hydrogen) atoms. The summed E-state index contributed by atoms with van der Waals surface area (Å²) in [6.45, 7) is 8.22. The van der Waals surface area contributed by atoms with Gasteiger partial charge in [0.15, 0.2) is 0 Å². The molecule has 2 N–H and O–H groups in total. The molecule has 2 nitrogen and oxygen atoms in total. The molecule has 0 aromatic heterocycles. The first-order valence-electron chi connectivity index (χ1n) is 5.51. The van der Waals surface area contributed by atoms with Gasteiger partial charge in [-0.1, -0.05) is 43.7 Å². The fourth-order valence-electron chi connectivity index (χ4n) is 1.67. The Hall–Kier alpha value is -0.860. The molecule has 0 radical (unpaired) electrons. The van der Waals surface area contributed by atoms with Crippen molar-refractivity contribution in [3.63, 3.8) is 0 Å². The fourth-order valence-corrected chi connectivity index (χ4v) is 1.67. The predicted molar refractivity (Wildman–Crippen MR) is 63.9 cm³/mol. The molecule has 0 fully saturated rings. The summed E-state index contributed by atoms with van der Waals surface area (Å²) >= 11 is 0. The van der Waals surface area contributed by atoms with Gasteiger partial charge in [0, 0.05) is 12.1 Å². The van der Waals surface area contributed by atoms with Gasteiger partial charge in [0.1, 0.15) is 0 Å². The van der Waals surface area contributed by atoms with Crippen LogP contribution in [-0.4, -0.2) is 17.2 Å². The van der Waals surface area contributed by atoms with E-state index in [-0.39, 0.29) is 6.04 Å². The van der Waals surface area contributed by atoms with Crippen LogP contribution in [0.1, 0.15) is 38.0 Å². The van der Waals surface area contributed by atoms with Crippen molar-refractivity contribution in [1.82, 2.24) is 5.32 Å². The van der Waals surface area contributed by atoms with E-state index in [0.29, 0.717) is 6.04 Å².